The molecule has 0 bridgehead atoms. The van der Waals surface area contributed by atoms with Crippen LogP contribution in [0.1, 0.15) is 43.0 Å². The number of hydrogen-bond acceptors (Lipinski definition) is 2. The van der Waals surface area contributed by atoms with Crippen molar-refractivity contribution in [3.8, 4) is 0 Å². The minimum absolute atomic E-state index is 0.0937. The summed E-state index contributed by atoms with van der Waals surface area (Å²) in [4.78, 5) is 0. The quantitative estimate of drug-likeness (QED) is 0.602. The van der Waals surface area contributed by atoms with Gasteiger partial charge in [0.1, 0.15) is 0 Å². The van der Waals surface area contributed by atoms with Gasteiger partial charge >= 0.3 is 0 Å². The molecule has 1 aromatic heterocycles. The highest BCUT2D eigenvalue weighted by atomic mass is 17.0. The van der Waals surface area contributed by atoms with Crippen molar-refractivity contribution in [1.82, 2.24) is 0 Å². The third kappa shape index (κ3) is 1.31. The lowest BCUT2D eigenvalue weighted by Crippen LogP contribution is -2.16. The molecule has 0 radical (unpaired) electrons. The van der Waals surface area contributed by atoms with Gasteiger partial charge in [-0.1, -0.05) is 20.8 Å². The second-order valence-corrected chi connectivity index (χ2v) is 5.32. The summed E-state index contributed by atoms with van der Waals surface area (Å²) in [5.74, 6) is 0. The van der Waals surface area contributed by atoms with Gasteiger partial charge in [0.25, 0.3) is 0 Å². The Morgan fingerprint density at radius 2 is 1.27 bits per heavy atom. The Morgan fingerprint density at radius 3 is 1.67 bits per heavy atom. The zero-order valence-electron chi connectivity index (χ0n) is 10.3. The van der Waals surface area contributed by atoms with Crippen molar-refractivity contribution >= 4 is 11.2 Å². The van der Waals surface area contributed by atoms with Crippen LogP contribution in [0.25, 0.3) is 11.2 Å². The summed E-state index contributed by atoms with van der Waals surface area (Å²) in [6, 6.07) is 0. The molecular formula is C13H18O2. The largest absolute Gasteiger partial charge is 0.285 e. The number of hydrogen-bond donors (Lipinski definition) is 0. The Labute approximate surface area is 90.2 Å². The SMILES string of the molecule is Cc1c(C)c(C(C)(C)C)c2ooc2c1C. The molecule has 2 nitrogen and oxygen atoms in total. The summed E-state index contributed by atoms with van der Waals surface area (Å²) in [5, 5.41) is 0. The average molecular weight is 206 g/mol. The summed E-state index contributed by atoms with van der Waals surface area (Å²) >= 11 is 0. The van der Waals surface area contributed by atoms with E-state index in [0.717, 1.165) is 11.2 Å². The lowest BCUT2D eigenvalue weighted by atomic mass is 9.81. The van der Waals surface area contributed by atoms with Gasteiger partial charge in [-0.2, -0.15) is 0 Å². The molecule has 1 heterocycles. The smallest absolute Gasteiger partial charge is 0.229 e. The van der Waals surface area contributed by atoms with Gasteiger partial charge in [-0.25, -0.2) is 0 Å². The van der Waals surface area contributed by atoms with Crippen LogP contribution >= 0.6 is 0 Å². The van der Waals surface area contributed by atoms with Crippen LogP contribution in [0.2, 0.25) is 0 Å². The fraction of sp³-hybridized carbons (Fsp3) is 0.538. The molecule has 15 heavy (non-hydrogen) atoms. The number of fused-ring (bicyclic) bond motifs is 1. The second kappa shape index (κ2) is 2.91. The van der Waals surface area contributed by atoms with E-state index in [4.69, 9.17) is 9.15 Å². The lowest BCUT2D eigenvalue weighted by Gasteiger charge is -2.25. The van der Waals surface area contributed by atoms with E-state index < -0.39 is 0 Å². The fourth-order valence-corrected chi connectivity index (χ4v) is 2.23. The lowest BCUT2D eigenvalue weighted by molar-refractivity contribution is 0.0565. The Hall–Kier alpha value is -1.18. The zero-order valence-corrected chi connectivity index (χ0v) is 10.3. The predicted molar refractivity (Wildman–Crippen MR) is 61.4 cm³/mol. The molecular weight excluding hydrogens is 188 g/mol. The summed E-state index contributed by atoms with van der Waals surface area (Å²) in [6.45, 7) is 13.0. The van der Waals surface area contributed by atoms with Gasteiger partial charge in [0.2, 0.25) is 11.2 Å². The number of aryl methyl sites for hydroxylation is 1. The van der Waals surface area contributed by atoms with Crippen molar-refractivity contribution in [3.05, 3.63) is 22.3 Å². The fourth-order valence-electron chi connectivity index (χ4n) is 2.23. The van der Waals surface area contributed by atoms with Crippen LogP contribution in [0.15, 0.2) is 9.15 Å². The van der Waals surface area contributed by atoms with E-state index in [0.29, 0.717) is 0 Å². The van der Waals surface area contributed by atoms with Gasteiger partial charge in [-0.05, 0) is 37.3 Å². The van der Waals surface area contributed by atoms with E-state index in [-0.39, 0.29) is 5.41 Å². The zero-order chi connectivity index (χ0) is 11.4. The Kier molecular flexibility index (Phi) is 2.00. The normalized spacial score (nSPS) is 12.7. The van der Waals surface area contributed by atoms with Crippen molar-refractivity contribution in [3.63, 3.8) is 0 Å². The van der Waals surface area contributed by atoms with Crippen LogP contribution < -0.4 is 0 Å². The molecule has 0 aliphatic carbocycles. The highest BCUT2D eigenvalue weighted by molar-refractivity contribution is 5.82. The molecule has 0 unspecified atom stereocenters. The molecule has 0 spiro atoms. The minimum Gasteiger partial charge on any atom is -0.285 e. The van der Waals surface area contributed by atoms with Crippen LogP contribution in [0.4, 0.5) is 0 Å². The van der Waals surface area contributed by atoms with Crippen LogP contribution in [0.5, 0.6) is 0 Å². The number of rotatable bonds is 0. The van der Waals surface area contributed by atoms with E-state index in [1.54, 1.807) is 0 Å². The molecule has 82 valence electrons. The molecule has 0 saturated heterocycles. The molecule has 2 rings (SSSR count). The van der Waals surface area contributed by atoms with E-state index in [1.807, 2.05) is 0 Å². The van der Waals surface area contributed by atoms with E-state index in [9.17, 15) is 0 Å². The molecule has 0 aliphatic heterocycles. The Morgan fingerprint density at radius 1 is 0.733 bits per heavy atom. The summed E-state index contributed by atoms with van der Waals surface area (Å²) < 4.78 is 10.2. The molecule has 1 aromatic carbocycles. The summed E-state index contributed by atoms with van der Waals surface area (Å²) in [5.41, 5.74) is 7.04. The standard InChI is InChI=1S/C13H18O2/c1-7-8(2)10(13(4,5)6)12-11(9(7)3)14-15-12/h1-6H3. The summed E-state index contributed by atoms with van der Waals surface area (Å²) in [6.07, 6.45) is 0. The maximum absolute atomic E-state index is 5.15. The topological polar surface area (TPSA) is 26.3 Å². The molecule has 0 saturated carbocycles. The molecule has 0 amide bonds. The Balaban J connectivity index is 2.86. The molecule has 0 atom stereocenters. The molecule has 0 fully saturated rings. The first-order chi connectivity index (χ1) is 6.84. The van der Waals surface area contributed by atoms with Crippen LogP contribution in [-0.2, 0) is 5.41 Å². The third-order valence-corrected chi connectivity index (χ3v) is 3.23. The van der Waals surface area contributed by atoms with Crippen molar-refractivity contribution < 1.29 is 9.15 Å². The third-order valence-electron chi connectivity index (χ3n) is 3.23. The van der Waals surface area contributed by atoms with Gasteiger partial charge in [-0.3, -0.25) is 9.15 Å². The Bertz CT molecular complexity index is 507. The van der Waals surface area contributed by atoms with Gasteiger partial charge in [0, 0.05) is 11.1 Å². The highest BCUT2D eigenvalue weighted by Gasteiger charge is 2.27. The first-order valence-corrected chi connectivity index (χ1v) is 5.32. The molecule has 0 aliphatic rings. The maximum atomic E-state index is 5.15. The van der Waals surface area contributed by atoms with Gasteiger partial charge in [-0.15, -0.1) is 0 Å². The van der Waals surface area contributed by atoms with Crippen LogP contribution in [0.3, 0.4) is 0 Å². The van der Waals surface area contributed by atoms with Gasteiger partial charge in [0.05, 0.1) is 0 Å². The maximum Gasteiger partial charge on any atom is 0.229 e. The molecule has 2 aromatic rings. The van der Waals surface area contributed by atoms with Gasteiger partial charge < -0.3 is 0 Å². The monoisotopic (exact) mass is 206 g/mol. The van der Waals surface area contributed by atoms with Crippen LogP contribution in [0, 0.1) is 20.8 Å². The van der Waals surface area contributed by atoms with Crippen molar-refractivity contribution in [2.45, 2.75) is 47.0 Å². The minimum atomic E-state index is 0.0937. The average Bonchev–Trinajstić information content (AvgIpc) is 2.05. The molecule has 0 N–H and O–H groups in total. The molecule has 2 heteroatoms. The van der Waals surface area contributed by atoms with E-state index in [1.165, 1.54) is 22.3 Å². The first-order valence-electron chi connectivity index (χ1n) is 5.32. The highest BCUT2D eigenvalue weighted by Crippen LogP contribution is 2.38. The van der Waals surface area contributed by atoms with Crippen molar-refractivity contribution in [2.75, 3.05) is 0 Å². The van der Waals surface area contributed by atoms with E-state index >= 15 is 0 Å². The summed E-state index contributed by atoms with van der Waals surface area (Å²) in [7, 11) is 0. The second-order valence-electron chi connectivity index (χ2n) is 5.32. The van der Waals surface area contributed by atoms with Gasteiger partial charge in [0.15, 0.2) is 0 Å². The van der Waals surface area contributed by atoms with E-state index in [2.05, 4.69) is 41.5 Å². The predicted octanol–water partition coefficient (Wildman–Crippen LogP) is 4.25. The first kappa shape index (κ1) is 10.3. The number of benzene rings is 1. The van der Waals surface area contributed by atoms with Crippen molar-refractivity contribution in [2.24, 2.45) is 0 Å². The van der Waals surface area contributed by atoms with Crippen molar-refractivity contribution in [1.29, 1.82) is 0 Å². The van der Waals surface area contributed by atoms with Crippen LogP contribution in [-0.4, -0.2) is 0 Å².